The van der Waals surface area contributed by atoms with Crippen LogP contribution >= 0.6 is 89.0 Å². The van der Waals surface area contributed by atoms with E-state index in [1.807, 2.05) is 33.9 Å². The molecule has 0 rings (SSSR count). The minimum absolute atomic E-state index is 0.232. The molecule has 0 aromatic rings. The van der Waals surface area contributed by atoms with Gasteiger partial charge in [0.15, 0.2) is 0 Å². The van der Waals surface area contributed by atoms with Crippen LogP contribution in [0.5, 0.6) is 0 Å². The third-order valence-corrected chi connectivity index (χ3v) is 18.7. The van der Waals surface area contributed by atoms with E-state index in [1.165, 1.54) is 77.7 Å². The van der Waals surface area contributed by atoms with Gasteiger partial charge in [-0.3, -0.25) is 9.59 Å². The normalized spacial score (nSPS) is 12.4. The molecule has 250 valence electrons. The van der Waals surface area contributed by atoms with Crippen molar-refractivity contribution in [1.82, 2.24) is 28.7 Å². The van der Waals surface area contributed by atoms with Crippen LogP contribution in [0.15, 0.2) is 0 Å². The van der Waals surface area contributed by atoms with Gasteiger partial charge in [-0.1, -0.05) is 47.8 Å². The van der Waals surface area contributed by atoms with Crippen LogP contribution in [0.25, 0.3) is 0 Å². The summed E-state index contributed by atoms with van der Waals surface area (Å²) < 4.78 is 36.6. The van der Waals surface area contributed by atoms with Crippen molar-refractivity contribution in [2.45, 2.75) is 24.9 Å². The van der Waals surface area contributed by atoms with Crippen LogP contribution < -0.4 is 9.66 Å². The van der Waals surface area contributed by atoms with Crippen LogP contribution in [-0.4, -0.2) is 128 Å². The quantitative estimate of drug-likeness (QED) is 0.0392. The first-order valence-electron chi connectivity index (χ1n) is 12.0. The van der Waals surface area contributed by atoms with E-state index in [-0.39, 0.29) is 10.5 Å². The molecule has 0 saturated heterocycles. The Labute approximate surface area is 285 Å². The lowest BCUT2D eigenvalue weighted by Crippen LogP contribution is -2.48. The highest BCUT2D eigenvalue weighted by atomic mass is 33.7. The monoisotopic (exact) mass is 784 g/mol. The average molecular weight is 785 g/mol. The molecule has 2 N–H and O–H groups in total. The Balaban J connectivity index is 5.00. The Hall–Kier alpha value is 1.77. The molecule has 0 fully saturated rings. The topological polar surface area (TPSA) is 127 Å². The summed E-state index contributed by atoms with van der Waals surface area (Å²) in [5.74, 6) is 0. The SMILES string of the molecule is CO[Si](CCCN(SC)N(NSC)C(=O)SSSSC(=O)N(NSC)N(CCC[Si](OC)(OC)OC)SC)(OC)OC. The van der Waals surface area contributed by atoms with E-state index in [2.05, 4.69) is 9.66 Å². The molecule has 0 aromatic heterocycles. The van der Waals surface area contributed by atoms with Gasteiger partial charge in [-0.15, -0.1) is 8.83 Å². The van der Waals surface area contributed by atoms with Crippen LogP contribution in [0.4, 0.5) is 9.59 Å². The van der Waals surface area contributed by atoms with Crippen LogP contribution in [-0.2, 0) is 26.6 Å². The van der Waals surface area contributed by atoms with Gasteiger partial charge < -0.3 is 26.6 Å². The van der Waals surface area contributed by atoms with Gasteiger partial charge in [0, 0.05) is 89.4 Å². The van der Waals surface area contributed by atoms with Crippen molar-refractivity contribution in [3.63, 3.8) is 0 Å². The molecule has 0 saturated carbocycles. The number of rotatable bonds is 25. The fraction of sp³-hybridized carbons (Fsp3) is 0.889. The summed E-state index contributed by atoms with van der Waals surface area (Å²) in [7, 11) is 8.55. The summed E-state index contributed by atoms with van der Waals surface area (Å²) >= 11 is 5.43. The molecule has 42 heavy (non-hydrogen) atoms. The number of carbonyl (C=O) groups excluding carboxylic acids is 2. The summed E-state index contributed by atoms with van der Waals surface area (Å²) in [6, 6.07) is 1.21. The predicted octanol–water partition coefficient (Wildman–Crippen LogP) is 5.60. The van der Waals surface area contributed by atoms with E-state index in [0.29, 0.717) is 38.0 Å². The zero-order chi connectivity index (χ0) is 32.0. The Morgan fingerprint density at radius 3 is 1.14 bits per heavy atom. The fourth-order valence-electron chi connectivity index (χ4n) is 3.20. The number of nitrogens with one attached hydrogen (secondary N) is 2. The maximum atomic E-state index is 13.1. The second-order valence-corrected chi connectivity index (χ2v) is 21.9. The first-order valence-corrected chi connectivity index (χ1v) is 25.5. The number of nitrogens with zero attached hydrogens (tertiary/aromatic N) is 4. The fourth-order valence-corrected chi connectivity index (χ4v) is 13.4. The van der Waals surface area contributed by atoms with E-state index in [1.54, 1.807) is 42.7 Å². The van der Waals surface area contributed by atoms with Gasteiger partial charge >= 0.3 is 28.1 Å². The Morgan fingerprint density at radius 2 is 0.905 bits per heavy atom. The second kappa shape index (κ2) is 25.8. The standard InChI is InChI=1S/C18H44N6O8S8Si2/c1-27-41(28-2,29-3)15-11-13-21(35-9)23(19-33-7)17(25)37-39-40-38-18(26)24(20-34-8)22(36-10)14-12-16-42(30-4,31-5)32-6/h19-20H,11-16H2,1-10H3. The van der Waals surface area contributed by atoms with Crippen LogP contribution in [0.3, 0.4) is 0 Å². The van der Waals surface area contributed by atoms with Gasteiger partial charge in [0.25, 0.3) is 0 Å². The molecule has 2 amide bonds. The van der Waals surface area contributed by atoms with E-state index in [0.717, 1.165) is 21.6 Å². The Kier molecular flexibility index (Phi) is 26.9. The summed E-state index contributed by atoms with van der Waals surface area (Å²) in [6.45, 7) is 1.11. The molecule has 0 aliphatic heterocycles. The highest BCUT2D eigenvalue weighted by Gasteiger charge is 2.38. The molecule has 0 aliphatic carbocycles. The van der Waals surface area contributed by atoms with Gasteiger partial charge in [-0.25, -0.2) is 0 Å². The Morgan fingerprint density at radius 1 is 0.595 bits per heavy atom. The molecule has 24 heteroatoms. The number of carbonyl (C=O) groups is 2. The molecular formula is C18H44N6O8S8Si2. The molecule has 0 aromatic carbocycles. The van der Waals surface area contributed by atoms with Crippen LogP contribution in [0.1, 0.15) is 12.8 Å². The molecular weight excluding hydrogens is 741 g/mol. The van der Waals surface area contributed by atoms with Crippen molar-refractivity contribution in [3.05, 3.63) is 0 Å². The van der Waals surface area contributed by atoms with Crippen molar-refractivity contribution >= 4 is 117 Å². The predicted molar refractivity (Wildman–Crippen MR) is 191 cm³/mol. The third kappa shape index (κ3) is 15.6. The molecule has 0 bridgehead atoms. The van der Waals surface area contributed by atoms with Gasteiger partial charge in [0.05, 0.1) is 0 Å². The zero-order valence-corrected chi connectivity index (χ0v) is 34.1. The van der Waals surface area contributed by atoms with Crippen molar-refractivity contribution < 1.29 is 36.1 Å². The highest BCUT2D eigenvalue weighted by Crippen LogP contribution is 2.45. The maximum absolute atomic E-state index is 13.1. The minimum atomic E-state index is -2.71. The Bertz CT molecular complexity index is 671. The smallest absolute Gasteiger partial charge is 0.377 e. The van der Waals surface area contributed by atoms with Crippen molar-refractivity contribution in [2.75, 3.05) is 80.8 Å². The van der Waals surface area contributed by atoms with E-state index in [4.69, 9.17) is 26.6 Å². The number of hydrogen-bond acceptors (Lipinski definition) is 20. The van der Waals surface area contributed by atoms with Gasteiger partial charge in [0.1, 0.15) is 0 Å². The summed E-state index contributed by atoms with van der Waals surface area (Å²) in [5.41, 5.74) is 0. The van der Waals surface area contributed by atoms with Gasteiger partial charge in [-0.2, -0.15) is 19.9 Å². The number of amides is 2. The molecule has 0 atom stereocenters. The lowest BCUT2D eigenvalue weighted by atomic mass is 10.5. The summed E-state index contributed by atoms with van der Waals surface area (Å²) in [4.78, 5) is 32.2. The lowest BCUT2D eigenvalue weighted by molar-refractivity contribution is 0.0973. The number of hydrogen-bond donors (Lipinski definition) is 2. The average Bonchev–Trinajstić information content (AvgIpc) is 3.02. The van der Waals surface area contributed by atoms with Crippen molar-refractivity contribution in [2.24, 2.45) is 0 Å². The molecule has 0 unspecified atom stereocenters. The lowest BCUT2D eigenvalue weighted by Gasteiger charge is -2.32. The number of hydrazine groups is 4. The summed E-state index contributed by atoms with van der Waals surface area (Å²) in [5, 5.41) is 2.45. The first kappa shape index (κ1) is 43.8. The maximum Gasteiger partial charge on any atom is 0.500 e. The van der Waals surface area contributed by atoms with E-state index < -0.39 is 17.6 Å². The molecule has 0 heterocycles. The second-order valence-electron chi connectivity index (χ2n) is 7.36. The van der Waals surface area contributed by atoms with Crippen LogP contribution in [0, 0.1) is 0 Å². The first-order chi connectivity index (χ1) is 20.2. The van der Waals surface area contributed by atoms with E-state index >= 15 is 0 Å². The zero-order valence-electron chi connectivity index (χ0n) is 25.6. The summed E-state index contributed by atoms with van der Waals surface area (Å²) in [6.07, 6.45) is 8.84. The van der Waals surface area contributed by atoms with Crippen molar-refractivity contribution in [3.8, 4) is 0 Å². The molecule has 0 aliphatic rings. The van der Waals surface area contributed by atoms with Crippen LogP contribution in [0.2, 0.25) is 12.1 Å². The van der Waals surface area contributed by atoms with Gasteiger partial charge in [0.2, 0.25) is 0 Å². The molecule has 14 nitrogen and oxygen atoms in total. The molecule has 0 radical (unpaired) electrons. The third-order valence-electron chi connectivity index (χ3n) is 5.34. The molecule has 0 spiro atoms. The van der Waals surface area contributed by atoms with Gasteiger partial charge in [-0.05, 0) is 57.5 Å². The minimum Gasteiger partial charge on any atom is -0.377 e. The van der Waals surface area contributed by atoms with Crippen molar-refractivity contribution in [1.29, 1.82) is 0 Å². The highest BCUT2D eigenvalue weighted by molar-refractivity contribution is 9.28. The largest absolute Gasteiger partial charge is 0.500 e. The van der Waals surface area contributed by atoms with E-state index in [9.17, 15) is 9.59 Å².